The molecule has 2 heterocycles. The number of hydrogen-bond donors (Lipinski definition) is 1. The number of aryl methyl sites for hydroxylation is 1. The molecule has 0 unspecified atom stereocenters. The van der Waals surface area contributed by atoms with Gasteiger partial charge in [-0.1, -0.05) is 36.4 Å². The quantitative estimate of drug-likeness (QED) is 0.747. The van der Waals surface area contributed by atoms with E-state index in [4.69, 9.17) is 4.74 Å². The maximum Gasteiger partial charge on any atom is 0.359 e. The van der Waals surface area contributed by atoms with Crippen LogP contribution < -0.4 is 4.90 Å². The Kier molecular flexibility index (Phi) is 3.93. The van der Waals surface area contributed by atoms with Crippen molar-refractivity contribution in [3.05, 3.63) is 59.8 Å². The maximum atomic E-state index is 12.5. The van der Waals surface area contributed by atoms with E-state index in [1.807, 2.05) is 42.5 Å². The number of amides is 1. The largest absolute Gasteiger partial charge is 0.451 e. The summed E-state index contributed by atoms with van der Waals surface area (Å²) in [4.78, 5) is 26.5. The number of H-pyrrole nitrogens is 1. The highest BCUT2D eigenvalue weighted by Gasteiger charge is 2.24. The molecule has 0 spiro atoms. The number of hydrogen-bond acceptors (Lipinski definition) is 4. The monoisotopic (exact) mass is 335 g/mol. The average molecular weight is 335 g/mol. The molecule has 0 saturated heterocycles. The fraction of sp³-hybridized carbons (Fsp3) is 0.211. The molecule has 6 nitrogen and oxygen atoms in total. The van der Waals surface area contributed by atoms with Crippen molar-refractivity contribution in [3.63, 3.8) is 0 Å². The minimum Gasteiger partial charge on any atom is -0.451 e. The molecular weight excluding hydrogens is 318 g/mol. The third-order valence-electron chi connectivity index (χ3n) is 4.40. The molecule has 126 valence electrons. The number of aromatic amines is 1. The molecule has 25 heavy (non-hydrogen) atoms. The van der Waals surface area contributed by atoms with E-state index in [1.165, 1.54) is 0 Å². The number of para-hydroxylation sites is 2. The Balaban J connectivity index is 1.47. The molecule has 1 N–H and O–H groups in total. The standard InChI is InChI=1S/C19H17N3O3/c23-17(22-11-5-7-13-6-1-4-10-16(13)22)12-25-19(24)18-14-8-2-3-9-15(14)20-21-18/h1-4,6,8-10H,5,7,11-12H2,(H,20,21). The van der Waals surface area contributed by atoms with Gasteiger partial charge in [-0.05, 0) is 30.5 Å². The van der Waals surface area contributed by atoms with E-state index in [0.29, 0.717) is 11.9 Å². The Labute approximate surface area is 144 Å². The van der Waals surface area contributed by atoms with E-state index in [1.54, 1.807) is 11.0 Å². The molecule has 3 aromatic rings. The zero-order valence-corrected chi connectivity index (χ0v) is 13.6. The molecule has 1 amide bonds. The Bertz CT molecular complexity index is 948. The van der Waals surface area contributed by atoms with Gasteiger partial charge in [0.2, 0.25) is 0 Å². The number of aromatic nitrogens is 2. The summed E-state index contributed by atoms with van der Waals surface area (Å²) in [6.07, 6.45) is 1.86. The van der Waals surface area contributed by atoms with Gasteiger partial charge in [0.05, 0.1) is 5.52 Å². The van der Waals surface area contributed by atoms with E-state index in [-0.39, 0.29) is 18.2 Å². The summed E-state index contributed by atoms with van der Waals surface area (Å²) in [6, 6.07) is 15.1. The minimum atomic E-state index is -0.601. The molecule has 2 aromatic carbocycles. The van der Waals surface area contributed by atoms with Crippen LogP contribution in [-0.2, 0) is 16.0 Å². The molecule has 0 bridgehead atoms. The molecule has 1 aromatic heterocycles. The van der Waals surface area contributed by atoms with Gasteiger partial charge in [-0.3, -0.25) is 9.89 Å². The summed E-state index contributed by atoms with van der Waals surface area (Å²) in [5.41, 5.74) is 3.00. The van der Waals surface area contributed by atoms with Crippen molar-refractivity contribution >= 4 is 28.5 Å². The molecule has 0 fully saturated rings. The topological polar surface area (TPSA) is 75.3 Å². The highest BCUT2D eigenvalue weighted by atomic mass is 16.5. The second-order valence-corrected chi connectivity index (χ2v) is 5.97. The van der Waals surface area contributed by atoms with Crippen molar-refractivity contribution in [1.29, 1.82) is 0 Å². The van der Waals surface area contributed by atoms with Crippen LogP contribution in [0.3, 0.4) is 0 Å². The smallest absolute Gasteiger partial charge is 0.359 e. The number of benzene rings is 2. The minimum absolute atomic E-state index is 0.197. The van der Waals surface area contributed by atoms with Gasteiger partial charge in [0, 0.05) is 17.6 Å². The lowest BCUT2D eigenvalue weighted by molar-refractivity contribution is -0.121. The highest BCUT2D eigenvalue weighted by molar-refractivity contribution is 6.03. The van der Waals surface area contributed by atoms with Gasteiger partial charge in [0.15, 0.2) is 12.3 Å². The van der Waals surface area contributed by atoms with Crippen LogP contribution in [-0.4, -0.2) is 35.2 Å². The predicted molar refractivity (Wildman–Crippen MR) is 93.5 cm³/mol. The van der Waals surface area contributed by atoms with E-state index in [2.05, 4.69) is 10.2 Å². The molecule has 0 aliphatic carbocycles. The molecule has 1 aliphatic rings. The Morgan fingerprint density at radius 3 is 2.84 bits per heavy atom. The van der Waals surface area contributed by atoms with Gasteiger partial charge >= 0.3 is 5.97 Å². The number of nitrogens with one attached hydrogen (secondary N) is 1. The summed E-state index contributed by atoms with van der Waals surface area (Å²) in [6.45, 7) is 0.340. The van der Waals surface area contributed by atoms with Crippen LogP contribution in [0.4, 0.5) is 5.69 Å². The lowest BCUT2D eigenvalue weighted by Gasteiger charge is -2.29. The molecule has 0 radical (unpaired) electrons. The van der Waals surface area contributed by atoms with E-state index in [9.17, 15) is 9.59 Å². The Morgan fingerprint density at radius 2 is 1.92 bits per heavy atom. The van der Waals surface area contributed by atoms with Gasteiger partial charge < -0.3 is 9.64 Å². The molecule has 0 atom stereocenters. The first-order valence-electron chi connectivity index (χ1n) is 8.22. The Morgan fingerprint density at radius 1 is 1.12 bits per heavy atom. The maximum absolute atomic E-state index is 12.5. The molecule has 1 aliphatic heterocycles. The van der Waals surface area contributed by atoms with Crippen LogP contribution in [0.15, 0.2) is 48.5 Å². The van der Waals surface area contributed by atoms with Crippen molar-refractivity contribution in [3.8, 4) is 0 Å². The number of ether oxygens (including phenoxy) is 1. The van der Waals surface area contributed by atoms with Crippen molar-refractivity contribution in [2.24, 2.45) is 0 Å². The van der Waals surface area contributed by atoms with Crippen molar-refractivity contribution < 1.29 is 14.3 Å². The fourth-order valence-electron chi connectivity index (χ4n) is 3.19. The number of fused-ring (bicyclic) bond motifs is 2. The van der Waals surface area contributed by atoms with Crippen molar-refractivity contribution in [1.82, 2.24) is 10.2 Å². The molecule has 6 heteroatoms. The van der Waals surface area contributed by atoms with Gasteiger partial charge in [0.25, 0.3) is 5.91 Å². The predicted octanol–water partition coefficient (Wildman–Crippen LogP) is 2.70. The van der Waals surface area contributed by atoms with Crippen LogP contribution in [0.1, 0.15) is 22.5 Å². The lowest BCUT2D eigenvalue weighted by Crippen LogP contribution is -2.38. The third-order valence-corrected chi connectivity index (χ3v) is 4.40. The van der Waals surface area contributed by atoms with Gasteiger partial charge in [-0.2, -0.15) is 5.10 Å². The van der Waals surface area contributed by atoms with Gasteiger partial charge in [-0.25, -0.2) is 4.79 Å². The van der Waals surface area contributed by atoms with E-state index >= 15 is 0 Å². The van der Waals surface area contributed by atoms with E-state index < -0.39 is 5.97 Å². The molecule has 0 saturated carbocycles. The second kappa shape index (κ2) is 6.39. The van der Waals surface area contributed by atoms with E-state index in [0.717, 1.165) is 29.6 Å². The number of nitrogens with zero attached hydrogens (tertiary/aromatic N) is 2. The lowest BCUT2D eigenvalue weighted by atomic mass is 10.0. The number of carbonyl (C=O) groups excluding carboxylic acids is 2. The summed E-state index contributed by atoms with van der Waals surface area (Å²) in [7, 11) is 0. The number of anilines is 1. The number of carbonyl (C=O) groups is 2. The van der Waals surface area contributed by atoms with Gasteiger partial charge in [-0.15, -0.1) is 0 Å². The summed E-state index contributed by atoms with van der Waals surface area (Å²) >= 11 is 0. The van der Waals surface area contributed by atoms with Gasteiger partial charge in [0.1, 0.15) is 0 Å². The van der Waals surface area contributed by atoms with Crippen LogP contribution >= 0.6 is 0 Å². The normalized spacial score (nSPS) is 13.5. The third kappa shape index (κ3) is 2.87. The zero-order valence-electron chi connectivity index (χ0n) is 13.6. The molecular formula is C19H17N3O3. The summed E-state index contributed by atoms with van der Waals surface area (Å²) in [5, 5.41) is 7.47. The number of rotatable bonds is 3. The van der Waals surface area contributed by atoms with Crippen molar-refractivity contribution in [2.45, 2.75) is 12.8 Å². The Hall–Kier alpha value is -3.15. The second-order valence-electron chi connectivity index (χ2n) is 5.97. The van der Waals surface area contributed by atoms with Crippen molar-refractivity contribution in [2.75, 3.05) is 18.1 Å². The van der Waals surface area contributed by atoms with Crippen LogP contribution in [0.2, 0.25) is 0 Å². The highest BCUT2D eigenvalue weighted by Crippen LogP contribution is 2.26. The fourth-order valence-corrected chi connectivity index (χ4v) is 3.19. The first-order chi connectivity index (χ1) is 12.2. The van der Waals surface area contributed by atoms with Crippen LogP contribution in [0.5, 0.6) is 0 Å². The molecule has 4 rings (SSSR count). The first-order valence-corrected chi connectivity index (χ1v) is 8.22. The first kappa shape index (κ1) is 15.4. The van der Waals surface area contributed by atoms with Crippen LogP contribution in [0, 0.1) is 0 Å². The zero-order chi connectivity index (χ0) is 17.2. The number of esters is 1. The summed E-state index contributed by atoms with van der Waals surface area (Å²) in [5.74, 6) is -0.823. The average Bonchev–Trinajstić information content (AvgIpc) is 3.09. The van der Waals surface area contributed by atoms with Crippen LogP contribution in [0.25, 0.3) is 10.9 Å². The summed E-state index contributed by atoms with van der Waals surface area (Å²) < 4.78 is 5.21. The SMILES string of the molecule is O=C(OCC(=O)N1CCCc2ccccc21)c1n[nH]c2ccccc12.